The second-order valence-corrected chi connectivity index (χ2v) is 5.34. The van der Waals surface area contributed by atoms with Crippen LogP contribution in [0.15, 0.2) is 35.9 Å². The van der Waals surface area contributed by atoms with Gasteiger partial charge < -0.3 is 10.6 Å². The molecule has 2 rings (SSSR count). The monoisotopic (exact) mass is 326 g/mol. The van der Waals surface area contributed by atoms with Crippen LogP contribution >= 0.6 is 0 Å². The van der Waals surface area contributed by atoms with Crippen molar-refractivity contribution in [2.75, 3.05) is 5.32 Å². The lowest BCUT2D eigenvalue weighted by Gasteiger charge is -2.12. The van der Waals surface area contributed by atoms with E-state index in [-0.39, 0.29) is 12.5 Å². The lowest BCUT2D eigenvalue weighted by molar-refractivity contribution is -0.173. The van der Waals surface area contributed by atoms with E-state index in [0.29, 0.717) is 11.3 Å². The predicted octanol–water partition coefficient (Wildman–Crippen LogP) is 3.30. The third kappa shape index (κ3) is 5.12. The van der Waals surface area contributed by atoms with Crippen LogP contribution in [0.5, 0.6) is 0 Å². The molecule has 2 amide bonds. The van der Waals surface area contributed by atoms with Crippen molar-refractivity contribution < 1.29 is 22.8 Å². The van der Waals surface area contributed by atoms with Crippen LogP contribution in [0.25, 0.3) is 0 Å². The molecule has 1 aromatic carbocycles. The number of allylic oxidation sites excluding steroid dienone is 1. The number of alkyl halides is 3. The summed E-state index contributed by atoms with van der Waals surface area (Å²) in [5, 5.41) is 4.45. The molecule has 1 aliphatic rings. The number of halogens is 3. The van der Waals surface area contributed by atoms with Crippen LogP contribution in [0.4, 0.5) is 18.9 Å². The van der Waals surface area contributed by atoms with Crippen LogP contribution in [-0.4, -0.2) is 18.0 Å². The Hall–Kier alpha value is -2.31. The Morgan fingerprint density at radius 1 is 1.13 bits per heavy atom. The van der Waals surface area contributed by atoms with E-state index < -0.39 is 12.1 Å². The molecule has 0 aliphatic heterocycles. The fourth-order valence-corrected chi connectivity index (χ4v) is 2.40. The molecule has 1 saturated carbocycles. The minimum absolute atomic E-state index is 0.309. The minimum atomic E-state index is -4.93. The number of amides is 2. The van der Waals surface area contributed by atoms with Crippen LogP contribution in [-0.2, 0) is 16.1 Å². The van der Waals surface area contributed by atoms with Gasteiger partial charge in [0.05, 0.1) is 0 Å². The highest BCUT2D eigenvalue weighted by Crippen LogP contribution is 2.24. The highest BCUT2D eigenvalue weighted by molar-refractivity contribution is 6.00. The van der Waals surface area contributed by atoms with Gasteiger partial charge in [0.2, 0.25) is 5.91 Å². The Kier molecular flexibility index (Phi) is 5.41. The minimum Gasteiger partial charge on any atom is -0.344 e. The maximum Gasteiger partial charge on any atom is 0.471 e. The summed E-state index contributed by atoms with van der Waals surface area (Å²) in [6, 6.07) is 6.42. The topological polar surface area (TPSA) is 58.2 Å². The number of hydrogen-bond acceptors (Lipinski definition) is 2. The van der Waals surface area contributed by atoms with Gasteiger partial charge in [0.25, 0.3) is 0 Å². The molecule has 23 heavy (non-hydrogen) atoms. The summed E-state index contributed by atoms with van der Waals surface area (Å²) < 4.78 is 36.6. The number of hydrogen-bond donors (Lipinski definition) is 2. The van der Waals surface area contributed by atoms with E-state index in [1.807, 2.05) is 0 Å². The first kappa shape index (κ1) is 17.1. The maximum absolute atomic E-state index is 12.2. The van der Waals surface area contributed by atoms with E-state index in [1.54, 1.807) is 29.6 Å². The second-order valence-electron chi connectivity index (χ2n) is 5.34. The van der Waals surface area contributed by atoms with E-state index in [2.05, 4.69) is 5.32 Å². The maximum atomic E-state index is 12.2. The van der Waals surface area contributed by atoms with E-state index in [0.717, 1.165) is 31.3 Å². The Balaban J connectivity index is 2.01. The van der Waals surface area contributed by atoms with Crippen molar-refractivity contribution >= 4 is 17.5 Å². The standard InChI is InChI=1S/C16H17F3N2O2/c17-16(18,19)15(23)20-10-12-7-3-4-8-13(12)21-14(22)9-11-5-1-2-6-11/h3-4,7-9H,1-2,5-6,10H2,(H,20,23)(H,21,22). The smallest absolute Gasteiger partial charge is 0.344 e. The highest BCUT2D eigenvalue weighted by atomic mass is 19.4. The van der Waals surface area contributed by atoms with E-state index >= 15 is 0 Å². The largest absolute Gasteiger partial charge is 0.471 e. The average molecular weight is 326 g/mol. The van der Waals surface area contributed by atoms with Crippen molar-refractivity contribution in [3.63, 3.8) is 0 Å². The molecule has 0 saturated heterocycles. The summed E-state index contributed by atoms with van der Waals surface area (Å²) in [7, 11) is 0. The van der Waals surface area contributed by atoms with Crippen LogP contribution in [0, 0.1) is 0 Å². The molecule has 0 aromatic heterocycles. The lowest BCUT2D eigenvalue weighted by atomic mass is 10.1. The molecular formula is C16H17F3N2O2. The second kappa shape index (κ2) is 7.30. The third-order valence-electron chi connectivity index (χ3n) is 3.55. The fourth-order valence-electron chi connectivity index (χ4n) is 2.40. The van der Waals surface area contributed by atoms with Gasteiger partial charge in [-0.25, -0.2) is 0 Å². The highest BCUT2D eigenvalue weighted by Gasteiger charge is 2.38. The van der Waals surface area contributed by atoms with Crippen molar-refractivity contribution in [1.82, 2.24) is 5.32 Å². The van der Waals surface area contributed by atoms with Gasteiger partial charge in [-0.15, -0.1) is 0 Å². The molecule has 124 valence electrons. The normalized spacial score (nSPS) is 14.5. The Morgan fingerprint density at radius 3 is 2.43 bits per heavy atom. The van der Waals surface area contributed by atoms with Gasteiger partial charge in [-0.05, 0) is 37.3 Å². The first-order valence-electron chi connectivity index (χ1n) is 7.29. The van der Waals surface area contributed by atoms with Crippen molar-refractivity contribution in [3.05, 3.63) is 41.5 Å². The molecular weight excluding hydrogens is 309 g/mol. The first-order valence-corrected chi connectivity index (χ1v) is 7.29. The van der Waals surface area contributed by atoms with E-state index in [1.165, 1.54) is 6.08 Å². The van der Waals surface area contributed by atoms with Crippen molar-refractivity contribution in [1.29, 1.82) is 0 Å². The Morgan fingerprint density at radius 2 is 1.78 bits per heavy atom. The summed E-state index contributed by atoms with van der Waals surface area (Å²) in [6.07, 6.45) is 0.551. The van der Waals surface area contributed by atoms with Gasteiger partial charge in [-0.1, -0.05) is 23.8 Å². The van der Waals surface area contributed by atoms with Gasteiger partial charge in [-0.3, -0.25) is 9.59 Å². The first-order chi connectivity index (χ1) is 10.9. The molecule has 1 aromatic rings. The SMILES string of the molecule is O=C(C=C1CCCC1)Nc1ccccc1CNC(=O)C(F)(F)F. The van der Waals surface area contributed by atoms with Gasteiger partial charge in [0, 0.05) is 18.3 Å². The number of carbonyl (C=O) groups is 2. The zero-order valence-electron chi connectivity index (χ0n) is 12.4. The lowest BCUT2D eigenvalue weighted by Crippen LogP contribution is -2.36. The number of para-hydroxylation sites is 1. The molecule has 1 aliphatic carbocycles. The molecule has 0 spiro atoms. The van der Waals surface area contributed by atoms with Crippen LogP contribution in [0.3, 0.4) is 0 Å². The molecule has 2 N–H and O–H groups in total. The summed E-state index contributed by atoms with van der Waals surface area (Å²) in [5.74, 6) is -2.32. The molecule has 0 unspecified atom stereocenters. The molecule has 0 radical (unpaired) electrons. The van der Waals surface area contributed by atoms with Crippen LogP contribution in [0.1, 0.15) is 31.2 Å². The number of anilines is 1. The van der Waals surface area contributed by atoms with Gasteiger partial charge >= 0.3 is 12.1 Å². The molecule has 7 heteroatoms. The van der Waals surface area contributed by atoms with Crippen LogP contribution < -0.4 is 10.6 Å². The number of carbonyl (C=O) groups excluding carboxylic acids is 2. The van der Waals surface area contributed by atoms with Crippen LogP contribution in [0.2, 0.25) is 0 Å². The number of nitrogens with one attached hydrogen (secondary N) is 2. The number of benzene rings is 1. The summed E-state index contributed by atoms with van der Waals surface area (Å²) in [5.41, 5.74) is 1.86. The molecule has 0 heterocycles. The quantitative estimate of drug-likeness (QED) is 0.834. The molecule has 0 atom stereocenters. The summed E-state index contributed by atoms with van der Waals surface area (Å²) in [4.78, 5) is 22.8. The summed E-state index contributed by atoms with van der Waals surface area (Å²) >= 11 is 0. The number of rotatable bonds is 4. The van der Waals surface area contributed by atoms with E-state index in [9.17, 15) is 22.8 Å². The zero-order chi connectivity index (χ0) is 16.9. The Bertz CT molecular complexity index is 616. The third-order valence-corrected chi connectivity index (χ3v) is 3.55. The fraction of sp³-hybridized carbons (Fsp3) is 0.375. The van der Waals surface area contributed by atoms with Crippen molar-refractivity contribution in [2.45, 2.75) is 38.4 Å². The summed E-state index contributed by atoms with van der Waals surface area (Å²) in [6.45, 7) is -0.314. The zero-order valence-corrected chi connectivity index (χ0v) is 12.4. The van der Waals surface area contributed by atoms with Gasteiger partial charge in [-0.2, -0.15) is 13.2 Å². The molecule has 1 fully saturated rings. The van der Waals surface area contributed by atoms with E-state index in [4.69, 9.17) is 0 Å². The molecule has 0 bridgehead atoms. The predicted molar refractivity (Wildman–Crippen MR) is 79.5 cm³/mol. The van der Waals surface area contributed by atoms with Crippen molar-refractivity contribution in [2.24, 2.45) is 0 Å². The van der Waals surface area contributed by atoms with Gasteiger partial charge in [0.15, 0.2) is 0 Å². The average Bonchev–Trinajstić information content (AvgIpc) is 2.97. The van der Waals surface area contributed by atoms with Gasteiger partial charge in [0.1, 0.15) is 0 Å². The van der Waals surface area contributed by atoms with Crippen molar-refractivity contribution in [3.8, 4) is 0 Å². The Labute approximate surface area is 131 Å². The molecule has 4 nitrogen and oxygen atoms in total.